The van der Waals surface area contributed by atoms with Crippen molar-refractivity contribution in [2.75, 3.05) is 0 Å². The summed E-state index contributed by atoms with van der Waals surface area (Å²) in [7, 11) is -0.304. The van der Waals surface area contributed by atoms with Gasteiger partial charge in [-0.3, -0.25) is 0 Å². The summed E-state index contributed by atoms with van der Waals surface area (Å²) in [6, 6.07) is 44.5. The molecule has 2 aliphatic carbocycles. The minimum atomic E-state index is -0.152. The molecular formula is C34H38Cl2FeP2Pd. The van der Waals surface area contributed by atoms with E-state index in [-0.39, 0.29) is 78.1 Å². The van der Waals surface area contributed by atoms with Crippen LogP contribution in [0.25, 0.3) is 0 Å². The van der Waals surface area contributed by atoms with Gasteiger partial charge in [0.25, 0.3) is 0 Å². The Morgan fingerprint density at radius 2 is 0.575 bits per heavy atom. The van der Waals surface area contributed by atoms with Crippen LogP contribution in [0.5, 0.6) is 0 Å². The van der Waals surface area contributed by atoms with Crippen molar-refractivity contribution in [3.63, 3.8) is 0 Å². The molecule has 0 aliphatic heterocycles. The predicted octanol–water partition coefficient (Wildman–Crippen LogP) is 2.13. The third-order valence-electron chi connectivity index (χ3n) is 7.52. The normalized spacial score (nSPS) is 14.7. The number of rotatable bonds is 6. The number of hydrogen-bond donors (Lipinski definition) is 0. The molecule has 2 aliphatic rings. The second-order valence-corrected chi connectivity index (χ2v) is 15.0. The molecule has 0 aromatic heterocycles. The fourth-order valence-corrected chi connectivity index (χ4v) is 11.8. The summed E-state index contributed by atoms with van der Waals surface area (Å²) < 4.78 is 0. The van der Waals surface area contributed by atoms with Gasteiger partial charge in [-0.25, -0.2) is 0 Å². The van der Waals surface area contributed by atoms with E-state index < -0.39 is 0 Å². The van der Waals surface area contributed by atoms with Crippen LogP contribution >= 0.6 is 15.8 Å². The van der Waals surface area contributed by atoms with Crippen molar-refractivity contribution in [2.45, 2.75) is 62.7 Å². The Kier molecular flexibility index (Phi) is 19.2. The molecule has 0 nitrogen and oxygen atoms in total. The molecule has 40 heavy (non-hydrogen) atoms. The smallest absolute Gasteiger partial charge is 1.00 e. The van der Waals surface area contributed by atoms with Gasteiger partial charge in [-0.1, -0.05) is 147 Å². The maximum Gasteiger partial charge on any atom is 2.00 e. The summed E-state index contributed by atoms with van der Waals surface area (Å²) in [5.41, 5.74) is 1.79. The Hall–Kier alpha value is -0.498. The van der Waals surface area contributed by atoms with Gasteiger partial charge >= 0.3 is 20.4 Å². The Morgan fingerprint density at radius 1 is 0.375 bits per heavy atom. The predicted molar refractivity (Wildman–Crippen MR) is 163 cm³/mol. The fourth-order valence-electron chi connectivity index (χ4n) is 5.82. The molecule has 0 unspecified atom stereocenters. The van der Waals surface area contributed by atoms with Crippen LogP contribution in [0.3, 0.4) is 0 Å². The van der Waals surface area contributed by atoms with Gasteiger partial charge in [0.1, 0.15) is 0 Å². The zero-order chi connectivity index (χ0) is 24.4. The van der Waals surface area contributed by atoms with Gasteiger partial charge in [-0.2, -0.15) is 0 Å². The van der Waals surface area contributed by atoms with Crippen LogP contribution in [0.4, 0.5) is 0 Å². The van der Waals surface area contributed by atoms with Gasteiger partial charge in [0.15, 0.2) is 0 Å². The van der Waals surface area contributed by atoms with Gasteiger partial charge in [0.2, 0.25) is 0 Å². The van der Waals surface area contributed by atoms with Gasteiger partial charge in [0.05, 0.1) is 0 Å². The van der Waals surface area contributed by atoms with Gasteiger partial charge < -0.3 is 24.8 Å². The van der Waals surface area contributed by atoms with E-state index >= 15 is 0 Å². The second kappa shape index (κ2) is 20.4. The summed E-state index contributed by atoms with van der Waals surface area (Å²) >= 11 is 0. The SMILES string of the molecule is [Cl-].[Cl-].[Fe].[Pd+2].c1ccc(P(c2ccccc2)C2CCCC2)cc1.c1ccc(P(c2ccccc2)C2CCCC2)cc1. The molecule has 0 amide bonds. The van der Waals surface area contributed by atoms with Crippen LogP contribution in [0.1, 0.15) is 51.4 Å². The molecule has 0 atom stereocenters. The minimum Gasteiger partial charge on any atom is -1.00 e. The Labute approximate surface area is 281 Å². The Balaban J connectivity index is 0.000000364. The molecule has 0 N–H and O–H groups in total. The van der Waals surface area contributed by atoms with Crippen molar-refractivity contribution in [1.29, 1.82) is 0 Å². The first-order valence-electron chi connectivity index (χ1n) is 13.7. The minimum absolute atomic E-state index is 0. The average molecular weight is 742 g/mol. The third kappa shape index (κ3) is 10.3. The van der Waals surface area contributed by atoms with Crippen LogP contribution in [-0.2, 0) is 37.5 Å². The first-order chi connectivity index (χ1) is 17.9. The molecular weight excluding hydrogens is 703 g/mol. The standard InChI is InChI=1S/2C17H19P.2ClH.Fe.Pd/c2*1-3-9-15(10-4-1)18(17-13-7-8-14-17)16-11-5-2-6-12-16;;;;/h2*1-6,9-12,17H,7-8,13-14H2;2*1H;;/q;;;;;+2/p-2. The van der Waals surface area contributed by atoms with Crippen LogP contribution in [0, 0.1) is 0 Å². The van der Waals surface area contributed by atoms with Crippen molar-refractivity contribution in [1.82, 2.24) is 0 Å². The zero-order valence-corrected chi connectivity index (χ0v) is 28.6. The maximum atomic E-state index is 2.32. The molecule has 0 saturated heterocycles. The van der Waals surface area contributed by atoms with Crippen LogP contribution < -0.4 is 46.0 Å². The van der Waals surface area contributed by atoms with E-state index in [1.165, 1.54) is 51.4 Å². The van der Waals surface area contributed by atoms with Crippen LogP contribution in [0.15, 0.2) is 121 Å². The van der Waals surface area contributed by atoms with Crippen LogP contribution in [-0.4, -0.2) is 11.3 Å². The molecule has 0 spiro atoms. The fraction of sp³-hybridized carbons (Fsp3) is 0.294. The number of halogens is 2. The molecule has 0 heterocycles. The van der Waals surface area contributed by atoms with E-state index in [1.807, 2.05) is 0 Å². The van der Waals surface area contributed by atoms with E-state index in [2.05, 4.69) is 121 Å². The maximum absolute atomic E-state index is 2.32. The van der Waals surface area contributed by atoms with E-state index in [1.54, 1.807) is 21.2 Å². The van der Waals surface area contributed by atoms with E-state index in [9.17, 15) is 0 Å². The second-order valence-electron chi connectivity index (χ2n) is 9.96. The van der Waals surface area contributed by atoms with E-state index in [0.717, 1.165) is 11.3 Å². The number of hydrogen-bond acceptors (Lipinski definition) is 0. The summed E-state index contributed by atoms with van der Waals surface area (Å²) in [5, 5.41) is 6.19. The molecule has 6 rings (SSSR count). The summed E-state index contributed by atoms with van der Waals surface area (Å²) in [5.74, 6) is 0. The number of benzene rings is 4. The molecule has 0 radical (unpaired) electrons. The summed E-state index contributed by atoms with van der Waals surface area (Å²) in [4.78, 5) is 0. The molecule has 216 valence electrons. The van der Waals surface area contributed by atoms with Crippen molar-refractivity contribution in [3.05, 3.63) is 121 Å². The van der Waals surface area contributed by atoms with Gasteiger partial charge in [0, 0.05) is 17.1 Å². The molecule has 4 aromatic carbocycles. The summed E-state index contributed by atoms with van der Waals surface area (Å²) in [6.45, 7) is 0. The van der Waals surface area contributed by atoms with E-state index in [0.29, 0.717) is 0 Å². The zero-order valence-electron chi connectivity index (χ0n) is 22.7. The molecule has 4 aromatic rings. The van der Waals surface area contributed by atoms with Crippen LogP contribution in [0.2, 0.25) is 0 Å². The molecule has 2 saturated carbocycles. The monoisotopic (exact) mass is 740 g/mol. The topological polar surface area (TPSA) is 0 Å². The van der Waals surface area contributed by atoms with Crippen molar-refractivity contribution in [3.8, 4) is 0 Å². The van der Waals surface area contributed by atoms with Gasteiger partial charge in [-0.15, -0.1) is 0 Å². The Morgan fingerprint density at radius 3 is 0.775 bits per heavy atom. The molecule has 6 heteroatoms. The van der Waals surface area contributed by atoms with Crippen molar-refractivity contribution < 1.29 is 62.3 Å². The third-order valence-corrected chi connectivity index (χ3v) is 13.4. The molecule has 2 fully saturated rings. The van der Waals surface area contributed by atoms with Gasteiger partial charge in [-0.05, 0) is 74.1 Å². The quantitative estimate of drug-likeness (QED) is 0.210. The first-order valence-corrected chi connectivity index (χ1v) is 16.5. The van der Waals surface area contributed by atoms with Crippen molar-refractivity contribution in [2.24, 2.45) is 0 Å². The Bertz CT molecular complexity index is 984. The largest absolute Gasteiger partial charge is 2.00 e. The molecule has 0 bridgehead atoms. The summed E-state index contributed by atoms with van der Waals surface area (Å²) in [6.07, 6.45) is 11.3. The van der Waals surface area contributed by atoms with Crippen molar-refractivity contribution >= 4 is 37.1 Å². The van der Waals surface area contributed by atoms with E-state index in [4.69, 9.17) is 0 Å². The first kappa shape index (κ1) is 37.5. The average Bonchev–Trinajstić information content (AvgIpc) is 3.68.